The van der Waals surface area contributed by atoms with Gasteiger partial charge in [0.25, 0.3) is 5.91 Å². The lowest BCUT2D eigenvalue weighted by Crippen LogP contribution is -2.31. The van der Waals surface area contributed by atoms with Gasteiger partial charge in [-0.15, -0.1) is 0 Å². The van der Waals surface area contributed by atoms with Crippen LogP contribution in [0.2, 0.25) is 5.02 Å². The summed E-state index contributed by atoms with van der Waals surface area (Å²) < 4.78 is 0. The second kappa shape index (κ2) is 10.1. The van der Waals surface area contributed by atoms with Crippen LogP contribution in [0.4, 0.5) is 0 Å². The Hall–Kier alpha value is -3.40. The molecule has 1 atom stereocenters. The largest absolute Gasteiger partial charge is 0.337 e. The number of hydrogen-bond donors (Lipinski definition) is 1. The predicted octanol–water partition coefficient (Wildman–Crippen LogP) is 6.75. The second-order valence-electron chi connectivity index (χ2n) is 9.40. The molecule has 2 N–H and O–H groups in total. The SMILES string of the molecule is Cc1ccc(-c2ccc(C(=O)N3CC[C@H](N)C3)cc2-c2ccc(Cc3ccccc3)cc2)c(Cl)c1. The van der Waals surface area contributed by atoms with E-state index in [0.29, 0.717) is 23.7 Å². The Kier molecular flexibility index (Phi) is 6.72. The van der Waals surface area contributed by atoms with Gasteiger partial charge in [-0.1, -0.05) is 84.4 Å². The summed E-state index contributed by atoms with van der Waals surface area (Å²) in [5.41, 5.74) is 14.4. The van der Waals surface area contributed by atoms with Crippen LogP contribution in [0.5, 0.6) is 0 Å². The second-order valence-corrected chi connectivity index (χ2v) is 9.81. The maximum absolute atomic E-state index is 13.2. The van der Waals surface area contributed by atoms with Crippen molar-refractivity contribution in [3.8, 4) is 22.3 Å². The average molecular weight is 481 g/mol. The summed E-state index contributed by atoms with van der Waals surface area (Å²) in [7, 11) is 0. The Labute approximate surface area is 212 Å². The first-order valence-corrected chi connectivity index (χ1v) is 12.4. The quantitative estimate of drug-likeness (QED) is 0.343. The van der Waals surface area contributed by atoms with Gasteiger partial charge in [0.15, 0.2) is 0 Å². The fourth-order valence-electron chi connectivity index (χ4n) is 4.78. The van der Waals surface area contributed by atoms with E-state index in [1.165, 1.54) is 11.1 Å². The van der Waals surface area contributed by atoms with Crippen molar-refractivity contribution in [3.63, 3.8) is 0 Å². The molecule has 0 spiro atoms. The van der Waals surface area contributed by atoms with E-state index in [2.05, 4.69) is 60.7 Å². The highest BCUT2D eigenvalue weighted by Gasteiger charge is 2.25. The summed E-state index contributed by atoms with van der Waals surface area (Å²) in [5, 5.41) is 0.705. The van der Waals surface area contributed by atoms with Gasteiger partial charge in [-0.25, -0.2) is 0 Å². The number of nitrogens with two attached hydrogens (primary N) is 1. The number of halogens is 1. The van der Waals surface area contributed by atoms with Crippen LogP contribution < -0.4 is 5.73 Å². The summed E-state index contributed by atoms with van der Waals surface area (Å²) in [4.78, 5) is 15.1. The van der Waals surface area contributed by atoms with Gasteiger partial charge in [0, 0.05) is 35.3 Å². The van der Waals surface area contributed by atoms with E-state index in [1.54, 1.807) is 0 Å². The Bertz CT molecular complexity index is 1350. The van der Waals surface area contributed by atoms with Crippen LogP contribution in [-0.2, 0) is 6.42 Å². The van der Waals surface area contributed by atoms with E-state index in [9.17, 15) is 4.79 Å². The molecule has 35 heavy (non-hydrogen) atoms. The van der Waals surface area contributed by atoms with Crippen molar-refractivity contribution in [3.05, 3.63) is 118 Å². The normalized spacial score (nSPS) is 15.4. The van der Waals surface area contributed by atoms with E-state index in [0.717, 1.165) is 40.7 Å². The van der Waals surface area contributed by atoms with Crippen molar-refractivity contribution in [2.24, 2.45) is 5.73 Å². The minimum Gasteiger partial charge on any atom is -0.337 e. The maximum Gasteiger partial charge on any atom is 0.253 e. The van der Waals surface area contributed by atoms with Crippen molar-refractivity contribution >= 4 is 17.5 Å². The zero-order chi connectivity index (χ0) is 24.4. The van der Waals surface area contributed by atoms with Crippen LogP contribution in [-0.4, -0.2) is 29.9 Å². The average Bonchev–Trinajstić information content (AvgIpc) is 3.31. The van der Waals surface area contributed by atoms with Crippen molar-refractivity contribution in [2.45, 2.75) is 25.8 Å². The summed E-state index contributed by atoms with van der Waals surface area (Å²) >= 11 is 6.67. The lowest BCUT2D eigenvalue weighted by Gasteiger charge is -2.18. The minimum atomic E-state index is 0.0291. The highest BCUT2D eigenvalue weighted by molar-refractivity contribution is 6.33. The Morgan fingerprint density at radius 3 is 2.29 bits per heavy atom. The summed E-state index contributed by atoms with van der Waals surface area (Å²) in [5.74, 6) is 0.0291. The summed E-state index contributed by atoms with van der Waals surface area (Å²) in [6.45, 7) is 3.34. The van der Waals surface area contributed by atoms with Crippen LogP contribution in [0.1, 0.15) is 33.5 Å². The molecule has 3 nitrogen and oxygen atoms in total. The molecule has 0 unspecified atom stereocenters. The van der Waals surface area contributed by atoms with Crippen molar-refractivity contribution in [1.29, 1.82) is 0 Å². The van der Waals surface area contributed by atoms with E-state index in [-0.39, 0.29) is 11.9 Å². The molecule has 1 amide bonds. The van der Waals surface area contributed by atoms with E-state index in [4.69, 9.17) is 17.3 Å². The Balaban J connectivity index is 1.54. The summed E-state index contributed by atoms with van der Waals surface area (Å²) in [6.07, 6.45) is 1.73. The topological polar surface area (TPSA) is 46.3 Å². The molecule has 1 aliphatic heterocycles. The van der Waals surface area contributed by atoms with Crippen LogP contribution in [0, 0.1) is 6.92 Å². The molecule has 0 aliphatic carbocycles. The molecular weight excluding hydrogens is 452 g/mol. The first-order valence-electron chi connectivity index (χ1n) is 12.1. The van der Waals surface area contributed by atoms with Crippen molar-refractivity contribution in [1.82, 2.24) is 4.90 Å². The van der Waals surface area contributed by atoms with Crippen LogP contribution in [0.25, 0.3) is 22.3 Å². The van der Waals surface area contributed by atoms with Crippen molar-refractivity contribution in [2.75, 3.05) is 13.1 Å². The number of aryl methyl sites for hydroxylation is 1. The number of benzene rings is 4. The maximum atomic E-state index is 13.2. The first kappa shape index (κ1) is 23.3. The highest BCUT2D eigenvalue weighted by Crippen LogP contribution is 2.37. The van der Waals surface area contributed by atoms with Crippen molar-refractivity contribution < 1.29 is 4.79 Å². The van der Waals surface area contributed by atoms with Crippen LogP contribution in [0.3, 0.4) is 0 Å². The molecule has 0 bridgehead atoms. The standard InChI is InChI=1S/C31H29ClN2O/c1-21-7-13-28(30(32)17-21)27-14-12-25(31(35)34-16-15-26(33)20-34)19-29(27)24-10-8-23(9-11-24)18-22-5-3-2-4-6-22/h2-14,17,19,26H,15-16,18,20,33H2,1H3/t26-/m0/s1. The molecule has 1 heterocycles. The van der Waals surface area contributed by atoms with Gasteiger partial charge < -0.3 is 10.6 Å². The molecule has 4 aromatic rings. The van der Waals surface area contributed by atoms with Gasteiger partial charge in [-0.3, -0.25) is 4.79 Å². The third-order valence-corrected chi connectivity index (χ3v) is 7.02. The molecule has 0 radical (unpaired) electrons. The molecule has 1 saturated heterocycles. The smallest absolute Gasteiger partial charge is 0.253 e. The molecule has 1 aliphatic rings. The number of nitrogens with zero attached hydrogens (tertiary/aromatic N) is 1. The molecular formula is C31H29ClN2O. The van der Waals surface area contributed by atoms with Gasteiger partial charge in [-0.05, 0) is 71.3 Å². The number of likely N-dealkylation sites (tertiary alicyclic amines) is 1. The molecule has 0 saturated carbocycles. The third-order valence-electron chi connectivity index (χ3n) is 6.71. The lowest BCUT2D eigenvalue weighted by molar-refractivity contribution is 0.0791. The predicted molar refractivity (Wildman–Crippen MR) is 145 cm³/mol. The zero-order valence-electron chi connectivity index (χ0n) is 19.9. The number of rotatable bonds is 5. The molecule has 176 valence electrons. The van der Waals surface area contributed by atoms with Crippen LogP contribution >= 0.6 is 11.6 Å². The molecule has 4 heteroatoms. The number of carbonyl (C=O) groups is 1. The Morgan fingerprint density at radius 1 is 0.886 bits per heavy atom. The first-order chi connectivity index (χ1) is 17.0. The zero-order valence-corrected chi connectivity index (χ0v) is 20.6. The molecule has 0 aromatic heterocycles. The van der Waals surface area contributed by atoms with Gasteiger partial charge in [-0.2, -0.15) is 0 Å². The molecule has 4 aromatic carbocycles. The van der Waals surface area contributed by atoms with E-state index >= 15 is 0 Å². The molecule has 1 fully saturated rings. The number of hydrogen-bond acceptors (Lipinski definition) is 2. The monoisotopic (exact) mass is 480 g/mol. The van der Waals surface area contributed by atoms with Gasteiger partial charge in [0.2, 0.25) is 0 Å². The molecule has 5 rings (SSSR count). The van der Waals surface area contributed by atoms with E-state index in [1.807, 2.05) is 42.2 Å². The minimum absolute atomic E-state index is 0.0291. The number of carbonyl (C=O) groups excluding carboxylic acids is 1. The fourth-order valence-corrected chi connectivity index (χ4v) is 5.11. The van der Waals surface area contributed by atoms with Gasteiger partial charge in [0.05, 0.1) is 0 Å². The lowest BCUT2D eigenvalue weighted by atomic mass is 9.91. The third kappa shape index (κ3) is 5.17. The highest BCUT2D eigenvalue weighted by atomic mass is 35.5. The van der Waals surface area contributed by atoms with Gasteiger partial charge >= 0.3 is 0 Å². The van der Waals surface area contributed by atoms with Gasteiger partial charge in [0.1, 0.15) is 0 Å². The summed E-state index contributed by atoms with van der Waals surface area (Å²) in [6, 6.07) is 31.2. The van der Waals surface area contributed by atoms with E-state index < -0.39 is 0 Å². The fraction of sp³-hybridized carbons (Fsp3) is 0.194. The van der Waals surface area contributed by atoms with Crippen LogP contribution in [0.15, 0.2) is 91.0 Å². The number of amides is 1. The Morgan fingerprint density at radius 2 is 1.60 bits per heavy atom.